The molecule has 3 nitrogen and oxygen atoms in total. The number of unbranched alkanes of at least 4 members (excludes halogenated alkanes) is 3. The molecule has 0 rings (SSSR count). The highest BCUT2D eigenvalue weighted by molar-refractivity contribution is 5.78. The molecule has 0 heterocycles. The van der Waals surface area contributed by atoms with Crippen LogP contribution in [0, 0.1) is 11.8 Å². The minimum atomic E-state index is -0.0547. The first-order valence-corrected chi connectivity index (χ1v) is 6.55. The number of hydrogen-bond donors (Lipinski definition) is 2. The van der Waals surface area contributed by atoms with Crippen molar-refractivity contribution >= 4 is 5.91 Å². The molecule has 0 saturated carbocycles. The van der Waals surface area contributed by atoms with Crippen LogP contribution in [0.25, 0.3) is 0 Å². The molecule has 0 aliphatic carbocycles. The Labute approximate surface area is 100 Å². The fourth-order valence-corrected chi connectivity index (χ4v) is 1.52. The lowest BCUT2D eigenvalue weighted by Gasteiger charge is -2.09. The van der Waals surface area contributed by atoms with Gasteiger partial charge in [-0.2, -0.15) is 0 Å². The second-order valence-corrected chi connectivity index (χ2v) is 5.02. The Kier molecular flexibility index (Phi) is 9.30. The summed E-state index contributed by atoms with van der Waals surface area (Å²) in [7, 11) is 0. The highest BCUT2D eigenvalue weighted by Crippen LogP contribution is 2.08. The predicted octanol–water partition coefficient (Wildman–Crippen LogP) is 2.30. The van der Waals surface area contributed by atoms with Gasteiger partial charge >= 0.3 is 0 Å². The molecule has 3 N–H and O–H groups in total. The van der Waals surface area contributed by atoms with Crippen molar-refractivity contribution in [2.45, 2.75) is 52.9 Å². The maximum absolute atomic E-state index is 11.4. The van der Waals surface area contributed by atoms with Crippen molar-refractivity contribution in [2.24, 2.45) is 17.6 Å². The fraction of sp³-hybridized carbons (Fsp3) is 0.923. The largest absolute Gasteiger partial charge is 0.356 e. The van der Waals surface area contributed by atoms with E-state index in [1.807, 2.05) is 6.92 Å². The first kappa shape index (κ1) is 15.4. The van der Waals surface area contributed by atoms with Crippen LogP contribution in [0.15, 0.2) is 0 Å². The molecule has 0 aliphatic rings. The molecule has 0 spiro atoms. The van der Waals surface area contributed by atoms with Gasteiger partial charge in [0.15, 0.2) is 0 Å². The molecule has 0 saturated heterocycles. The Morgan fingerprint density at radius 2 is 1.75 bits per heavy atom. The van der Waals surface area contributed by atoms with Crippen molar-refractivity contribution in [3.05, 3.63) is 0 Å². The van der Waals surface area contributed by atoms with E-state index in [2.05, 4.69) is 19.2 Å². The van der Waals surface area contributed by atoms with Gasteiger partial charge in [0, 0.05) is 19.0 Å². The highest BCUT2D eigenvalue weighted by atomic mass is 16.1. The van der Waals surface area contributed by atoms with Crippen LogP contribution < -0.4 is 11.1 Å². The van der Waals surface area contributed by atoms with E-state index in [0.29, 0.717) is 6.54 Å². The van der Waals surface area contributed by atoms with Crippen LogP contribution in [0.3, 0.4) is 0 Å². The van der Waals surface area contributed by atoms with Crippen molar-refractivity contribution in [2.75, 3.05) is 13.1 Å². The van der Waals surface area contributed by atoms with E-state index in [0.717, 1.165) is 18.9 Å². The van der Waals surface area contributed by atoms with E-state index in [1.165, 1.54) is 25.7 Å². The van der Waals surface area contributed by atoms with E-state index >= 15 is 0 Å². The molecular formula is C13H28N2O. The molecule has 1 amide bonds. The lowest BCUT2D eigenvalue weighted by molar-refractivity contribution is -0.124. The van der Waals surface area contributed by atoms with Gasteiger partial charge in [-0.15, -0.1) is 0 Å². The number of nitrogens with two attached hydrogens (primary N) is 1. The maximum atomic E-state index is 11.4. The van der Waals surface area contributed by atoms with Crippen LogP contribution in [0.4, 0.5) is 0 Å². The van der Waals surface area contributed by atoms with E-state index in [4.69, 9.17) is 5.73 Å². The van der Waals surface area contributed by atoms with E-state index in [-0.39, 0.29) is 11.8 Å². The minimum absolute atomic E-state index is 0.0547. The average molecular weight is 228 g/mol. The molecule has 0 fully saturated rings. The fourth-order valence-electron chi connectivity index (χ4n) is 1.52. The molecule has 96 valence electrons. The van der Waals surface area contributed by atoms with Crippen molar-refractivity contribution in [1.29, 1.82) is 0 Å². The van der Waals surface area contributed by atoms with Gasteiger partial charge in [-0.1, -0.05) is 46.5 Å². The van der Waals surface area contributed by atoms with Gasteiger partial charge in [0.1, 0.15) is 0 Å². The molecule has 0 aromatic heterocycles. The summed E-state index contributed by atoms with van der Waals surface area (Å²) in [6.07, 6.45) is 6.20. The molecule has 0 aromatic rings. The van der Waals surface area contributed by atoms with Gasteiger partial charge in [-0.05, 0) is 12.3 Å². The zero-order chi connectivity index (χ0) is 12.4. The molecule has 0 aliphatic heterocycles. The van der Waals surface area contributed by atoms with Crippen molar-refractivity contribution in [3.8, 4) is 0 Å². The lowest BCUT2D eigenvalue weighted by atomic mass is 10.0. The van der Waals surface area contributed by atoms with Crippen LogP contribution in [-0.4, -0.2) is 19.0 Å². The van der Waals surface area contributed by atoms with Crippen LogP contribution in [0.2, 0.25) is 0 Å². The number of rotatable bonds is 9. The summed E-state index contributed by atoms with van der Waals surface area (Å²) >= 11 is 0. The third-order valence-corrected chi connectivity index (χ3v) is 2.81. The second-order valence-electron chi connectivity index (χ2n) is 5.02. The number of nitrogens with one attached hydrogen (secondary N) is 1. The van der Waals surface area contributed by atoms with E-state index in [9.17, 15) is 4.79 Å². The number of amides is 1. The van der Waals surface area contributed by atoms with Crippen LogP contribution in [-0.2, 0) is 4.79 Å². The molecule has 1 atom stereocenters. The highest BCUT2D eigenvalue weighted by Gasteiger charge is 2.08. The van der Waals surface area contributed by atoms with E-state index in [1.54, 1.807) is 0 Å². The zero-order valence-electron chi connectivity index (χ0n) is 11.1. The molecule has 0 radical (unpaired) electrons. The monoisotopic (exact) mass is 228 g/mol. The van der Waals surface area contributed by atoms with Gasteiger partial charge in [-0.3, -0.25) is 4.79 Å². The van der Waals surface area contributed by atoms with Crippen LogP contribution >= 0.6 is 0 Å². The average Bonchev–Trinajstić information content (AvgIpc) is 2.25. The summed E-state index contributed by atoms with van der Waals surface area (Å²) in [5.74, 6) is 0.843. The summed E-state index contributed by atoms with van der Waals surface area (Å²) in [5, 5.41) is 2.91. The summed E-state index contributed by atoms with van der Waals surface area (Å²) in [6, 6.07) is 0. The number of hydrogen-bond acceptors (Lipinski definition) is 2. The van der Waals surface area contributed by atoms with Gasteiger partial charge in [0.2, 0.25) is 5.91 Å². The topological polar surface area (TPSA) is 55.1 Å². The molecular weight excluding hydrogens is 200 g/mol. The maximum Gasteiger partial charge on any atom is 0.224 e. The van der Waals surface area contributed by atoms with Crippen LogP contribution in [0.5, 0.6) is 0 Å². The number of carbonyl (C=O) groups excluding carboxylic acids is 1. The quantitative estimate of drug-likeness (QED) is 0.595. The van der Waals surface area contributed by atoms with Gasteiger partial charge in [-0.25, -0.2) is 0 Å². The summed E-state index contributed by atoms with van der Waals surface area (Å²) in [5.41, 5.74) is 5.41. The summed E-state index contributed by atoms with van der Waals surface area (Å²) in [6.45, 7) is 7.60. The van der Waals surface area contributed by atoms with Gasteiger partial charge in [0.25, 0.3) is 0 Å². The standard InChI is InChI=1S/C13H28N2O/c1-11(2)8-6-4-5-7-9-15-13(16)12(3)10-14/h11-12H,4-10,14H2,1-3H3,(H,15,16). The van der Waals surface area contributed by atoms with Crippen molar-refractivity contribution in [1.82, 2.24) is 5.32 Å². The predicted molar refractivity (Wildman–Crippen MR) is 69.2 cm³/mol. The first-order valence-electron chi connectivity index (χ1n) is 6.55. The Morgan fingerprint density at radius 1 is 1.12 bits per heavy atom. The summed E-state index contributed by atoms with van der Waals surface area (Å²) in [4.78, 5) is 11.4. The second kappa shape index (κ2) is 9.64. The summed E-state index contributed by atoms with van der Waals surface area (Å²) < 4.78 is 0. The molecule has 1 unspecified atom stereocenters. The minimum Gasteiger partial charge on any atom is -0.356 e. The smallest absolute Gasteiger partial charge is 0.224 e. The van der Waals surface area contributed by atoms with Crippen LogP contribution in [0.1, 0.15) is 52.9 Å². The molecule has 0 aromatic carbocycles. The Bertz CT molecular complexity index is 181. The third kappa shape index (κ3) is 8.72. The Hall–Kier alpha value is -0.570. The lowest BCUT2D eigenvalue weighted by Crippen LogP contribution is -2.33. The van der Waals surface area contributed by atoms with E-state index < -0.39 is 0 Å². The normalized spacial score (nSPS) is 12.8. The Balaban J connectivity index is 3.24. The SMILES string of the molecule is CC(C)CCCCCCNC(=O)C(C)CN. The molecule has 0 bridgehead atoms. The van der Waals surface area contributed by atoms with Crippen molar-refractivity contribution < 1.29 is 4.79 Å². The van der Waals surface area contributed by atoms with Crippen molar-refractivity contribution in [3.63, 3.8) is 0 Å². The number of carbonyl (C=O) groups is 1. The molecule has 3 heteroatoms. The van der Waals surface area contributed by atoms with Gasteiger partial charge in [0.05, 0.1) is 0 Å². The zero-order valence-corrected chi connectivity index (χ0v) is 11.1. The third-order valence-electron chi connectivity index (χ3n) is 2.81. The molecule has 16 heavy (non-hydrogen) atoms. The first-order chi connectivity index (χ1) is 7.57. The van der Waals surface area contributed by atoms with Gasteiger partial charge < -0.3 is 11.1 Å². The Morgan fingerprint density at radius 3 is 2.31 bits per heavy atom.